The lowest BCUT2D eigenvalue weighted by atomic mass is 10.2. The average Bonchev–Trinajstić information content (AvgIpc) is 2.48. The van der Waals surface area contributed by atoms with E-state index < -0.39 is 11.9 Å². The minimum absolute atomic E-state index is 0.127. The summed E-state index contributed by atoms with van der Waals surface area (Å²) in [5.74, 6) is -1.38. The largest absolute Gasteiger partial charge is 0.477 e. The van der Waals surface area contributed by atoms with Gasteiger partial charge in [-0.05, 0) is 30.7 Å². The van der Waals surface area contributed by atoms with Crippen molar-refractivity contribution in [3.05, 3.63) is 59.7 Å². The van der Waals surface area contributed by atoms with Gasteiger partial charge in [-0.25, -0.2) is 19.6 Å². The van der Waals surface area contributed by atoms with Crippen molar-refractivity contribution in [2.24, 2.45) is 0 Å². The molecule has 0 radical (unpaired) electrons. The summed E-state index contributed by atoms with van der Waals surface area (Å²) in [7, 11) is 1.33. The molecule has 2 aromatic rings. The number of aryl methyl sites for hydroxylation is 1. The van der Waals surface area contributed by atoms with Crippen LogP contribution in [0.25, 0.3) is 0 Å². The van der Waals surface area contributed by atoms with Crippen molar-refractivity contribution in [2.75, 3.05) is 7.11 Å². The fraction of sp³-hybridized carbons (Fsp3) is 0.143. The molecule has 6 heteroatoms. The zero-order chi connectivity index (χ0) is 15.0. The van der Waals surface area contributed by atoms with Crippen LogP contribution in [-0.4, -0.2) is 34.1 Å². The van der Waals surface area contributed by atoms with Gasteiger partial charge in [0.1, 0.15) is 5.69 Å². The third kappa shape index (κ3) is 4.49. The number of esters is 1. The number of hydrogen-bond acceptors (Lipinski definition) is 5. The number of rotatable bonds is 2. The first-order chi connectivity index (χ1) is 9.56. The Bertz CT molecular complexity index is 585. The Labute approximate surface area is 116 Å². The zero-order valence-corrected chi connectivity index (χ0v) is 11.1. The summed E-state index contributed by atoms with van der Waals surface area (Å²) in [4.78, 5) is 28.5. The van der Waals surface area contributed by atoms with E-state index >= 15 is 0 Å². The van der Waals surface area contributed by atoms with Crippen LogP contribution in [0.3, 0.4) is 0 Å². The van der Waals surface area contributed by atoms with Crippen molar-refractivity contribution in [1.29, 1.82) is 0 Å². The van der Waals surface area contributed by atoms with E-state index in [0.29, 0.717) is 11.3 Å². The number of aromatic carboxylic acids is 1. The molecule has 0 spiro atoms. The van der Waals surface area contributed by atoms with Gasteiger partial charge in [-0.15, -0.1) is 0 Å². The Balaban J connectivity index is 0.000000200. The molecule has 0 aliphatic heterocycles. The van der Waals surface area contributed by atoms with Gasteiger partial charge in [0, 0.05) is 12.4 Å². The highest BCUT2D eigenvalue weighted by molar-refractivity contribution is 5.87. The van der Waals surface area contributed by atoms with E-state index in [2.05, 4.69) is 14.7 Å². The molecule has 0 fully saturated rings. The molecule has 0 saturated heterocycles. The summed E-state index contributed by atoms with van der Waals surface area (Å²) in [6.07, 6.45) is 3.02. The summed E-state index contributed by atoms with van der Waals surface area (Å²) in [5.41, 5.74) is 1.16. The lowest BCUT2D eigenvalue weighted by Gasteiger charge is -1.95. The summed E-state index contributed by atoms with van der Waals surface area (Å²) < 4.78 is 4.43. The van der Waals surface area contributed by atoms with Crippen LogP contribution in [0, 0.1) is 6.92 Å². The molecule has 0 unspecified atom stereocenters. The molecule has 2 aromatic heterocycles. The van der Waals surface area contributed by atoms with E-state index in [1.807, 2.05) is 0 Å². The summed E-state index contributed by atoms with van der Waals surface area (Å²) in [5, 5.41) is 8.50. The number of carbonyl (C=O) groups is 2. The Morgan fingerprint density at radius 3 is 2.25 bits per heavy atom. The van der Waals surface area contributed by atoms with Crippen molar-refractivity contribution in [2.45, 2.75) is 6.92 Å². The number of methoxy groups -OCH3 is 1. The van der Waals surface area contributed by atoms with E-state index in [0.717, 1.165) is 0 Å². The second kappa shape index (κ2) is 7.63. The van der Waals surface area contributed by atoms with Crippen molar-refractivity contribution < 1.29 is 19.4 Å². The molecule has 0 saturated carbocycles. The second-order valence-electron chi connectivity index (χ2n) is 3.68. The molecule has 0 aromatic carbocycles. The van der Waals surface area contributed by atoms with Gasteiger partial charge in [0.25, 0.3) is 0 Å². The molecule has 2 rings (SSSR count). The Hall–Kier alpha value is -2.76. The molecular weight excluding hydrogens is 260 g/mol. The topological polar surface area (TPSA) is 89.4 Å². The molecule has 0 atom stereocenters. The SMILES string of the molecule is COC(=O)c1ccccn1.Cc1cccnc1C(=O)O. The molecule has 0 amide bonds. The van der Waals surface area contributed by atoms with Gasteiger partial charge < -0.3 is 9.84 Å². The van der Waals surface area contributed by atoms with Crippen LogP contribution in [0.1, 0.15) is 26.5 Å². The first-order valence-electron chi connectivity index (χ1n) is 5.70. The minimum Gasteiger partial charge on any atom is -0.477 e. The first-order valence-corrected chi connectivity index (χ1v) is 5.70. The van der Waals surface area contributed by atoms with Gasteiger partial charge in [-0.1, -0.05) is 12.1 Å². The van der Waals surface area contributed by atoms with Gasteiger partial charge in [-0.2, -0.15) is 0 Å². The highest BCUT2D eigenvalue weighted by Gasteiger charge is 2.05. The summed E-state index contributed by atoms with van der Waals surface area (Å²) in [6, 6.07) is 8.51. The monoisotopic (exact) mass is 274 g/mol. The number of carboxylic acids is 1. The average molecular weight is 274 g/mol. The number of pyridine rings is 2. The lowest BCUT2D eigenvalue weighted by Crippen LogP contribution is -2.02. The number of aromatic nitrogens is 2. The molecule has 20 heavy (non-hydrogen) atoms. The standard InChI is InChI=1S/2C7H7NO2/c1-10-7(9)6-4-2-3-5-8-6;1-5-3-2-4-8-6(5)7(9)10/h2-5H,1H3;2-4H,1H3,(H,9,10). The van der Waals surface area contributed by atoms with Crippen LogP contribution in [-0.2, 0) is 4.74 Å². The number of carbonyl (C=O) groups excluding carboxylic acids is 1. The molecule has 0 aliphatic carbocycles. The van der Waals surface area contributed by atoms with Crippen LogP contribution in [0.4, 0.5) is 0 Å². The van der Waals surface area contributed by atoms with Gasteiger partial charge in [0.15, 0.2) is 5.69 Å². The van der Waals surface area contributed by atoms with Gasteiger partial charge in [0.2, 0.25) is 0 Å². The molecule has 0 aliphatic rings. The van der Waals surface area contributed by atoms with Crippen LogP contribution in [0.15, 0.2) is 42.7 Å². The molecule has 0 bridgehead atoms. The Morgan fingerprint density at radius 2 is 1.80 bits per heavy atom. The second-order valence-corrected chi connectivity index (χ2v) is 3.68. The Morgan fingerprint density at radius 1 is 1.10 bits per heavy atom. The van der Waals surface area contributed by atoms with Gasteiger partial charge >= 0.3 is 11.9 Å². The van der Waals surface area contributed by atoms with Crippen LogP contribution in [0.2, 0.25) is 0 Å². The predicted molar refractivity (Wildman–Crippen MR) is 71.5 cm³/mol. The normalized spacial score (nSPS) is 9.10. The van der Waals surface area contributed by atoms with Gasteiger partial charge in [-0.3, -0.25) is 0 Å². The zero-order valence-electron chi connectivity index (χ0n) is 11.1. The van der Waals surface area contributed by atoms with Crippen LogP contribution in [0.5, 0.6) is 0 Å². The van der Waals surface area contributed by atoms with E-state index in [-0.39, 0.29) is 5.69 Å². The fourth-order valence-corrected chi connectivity index (χ4v) is 1.30. The van der Waals surface area contributed by atoms with E-state index in [4.69, 9.17) is 5.11 Å². The predicted octanol–water partition coefficient (Wildman–Crippen LogP) is 1.96. The lowest BCUT2D eigenvalue weighted by molar-refractivity contribution is 0.0593. The van der Waals surface area contributed by atoms with E-state index in [9.17, 15) is 9.59 Å². The maximum absolute atomic E-state index is 10.7. The summed E-state index contributed by atoms with van der Waals surface area (Å²) in [6.45, 7) is 1.72. The quantitative estimate of drug-likeness (QED) is 0.842. The highest BCUT2D eigenvalue weighted by Crippen LogP contribution is 2.01. The minimum atomic E-state index is -0.974. The number of carboxylic acid groups (broad SMARTS) is 1. The third-order valence-electron chi connectivity index (χ3n) is 2.27. The maximum atomic E-state index is 10.7. The van der Waals surface area contributed by atoms with Crippen molar-refractivity contribution in [1.82, 2.24) is 9.97 Å². The molecular formula is C14H14N2O4. The number of ether oxygens (including phenoxy) is 1. The number of hydrogen-bond donors (Lipinski definition) is 1. The van der Waals surface area contributed by atoms with E-state index in [1.54, 1.807) is 43.5 Å². The molecule has 1 N–H and O–H groups in total. The molecule has 104 valence electrons. The Kier molecular flexibility index (Phi) is 5.83. The first kappa shape index (κ1) is 15.3. The fourth-order valence-electron chi connectivity index (χ4n) is 1.30. The van der Waals surface area contributed by atoms with Crippen LogP contribution < -0.4 is 0 Å². The van der Waals surface area contributed by atoms with Gasteiger partial charge in [0.05, 0.1) is 7.11 Å². The van der Waals surface area contributed by atoms with Crippen molar-refractivity contribution in [3.63, 3.8) is 0 Å². The highest BCUT2D eigenvalue weighted by atomic mass is 16.5. The van der Waals surface area contributed by atoms with Crippen molar-refractivity contribution >= 4 is 11.9 Å². The van der Waals surface area contributed by atoms with Crippen molar-refractivity contribution in [3.8, 4) is 0 Å². The molecule has 6 nitrogen and oxygen atoms in total. The number of nitrogens with zero attached hydrogens (tertiary/aromatic N) is 2. The smallest absolute Gasteiger partial charge is 0.356 e. The van der Waals surface area contributed by atoms with E-state index in [1.165, 1.54) is 13.3 Å². The third-order valence-corrected chi connectivity index (χ3v) is 2.27. The maximum Gasteiger partial charge on any atom is 0.356 e. The van der Waals surface area contributed by atoms with Crippen LogP contribution >= 0.6 is 0 Å². The molecule has 2 heterocycles. The summed E-state index contributed by atoms with van der Waals surface area (Å²) >= 11 is 0.